The first-order valence-electron chi connectivity index (χ1n) is 6.92. The number of nitrogens with one attached hydrogen (secondary N) is 1. The van der Waals surface area contributed by atoms with E-state index in [1.54, 1.807) is 18.2 Å². The lowest BCUT2D eigenvalue weighted by molar-refractivity contribution is -0.384. The van der Waals surface area contributed by atoms with E-state index in [0.29, 0.717) is 5.56 Å². The second-order valence-corrected chi connectivity index (χ2v) is 4.68. The van der Waals surface area contributed by atoms with Crippen molar-refractivity contribution in [2.45, 2.75) is 6.42 Å². The summed E-state index contributed by atoms with van der Waals surface area (Å²) in [5.41, 5.74) is 4.12. The van der Waals surface area contributed by atoms with E-state index in [4.69, 9.17) is 0 Å². The number of nitrogens with zero attached hydrogens (tertiary/aromatic N) is 2. The molecule has 0 aromatic heterocycles. The molecule has 0 unspecified atom stereocenters. The van der Waals surface area contributed by atoms with E-state index in [2.05, 4.69) is 10.5 Å². The summed E-state index contributed by atoms with van der Waals surface area (Å²) < 4.78 is 0. The molecule has 2 aromatic carbocycles. The van der Waals surface area contributed by atoms with E-state index < -0.39 is 4.92 Å². The minimum absolute atomic E-state index is 0.00164. The normalized spacial score (nSPS) is 11.0. The largest absolute Gasteiger partial charge is 0.273 e. The average molecular weight is 309 g/mol. The first kappa shape index (κ1) is 16.1. The van der Waals surface area contributed by atoms with Crippen LogP contribution in [0.4, 0.5) is 5.69 Å². The zero-order valence-electron chi connectivity index (χ0n) is 12.3. The van der Waals surface area contributed by atoms with Gasteiger partial charge >= 0.3 is 0 Å². The van der Waals surface area contributed by atoms with Crippen LogP contribution in [0.3, 0.4) is 0 Å². The second kappa shape index (κ2) is 8.23. The van der Waals surface area contributed by atoms with Gasteiger partial charge in [0.05, 0.1) is 11.3 Å². The Bertz CT molecular complexity index is 723. The highest BCUT2D eigenvalue weighted by Crippen LogP contribution is 2.12. The Hall–Kier alpha value is -3.28. The number of hydrogen-bond donors (Lipinski definition) is 1. The van der Waals surface area contributed by atoms with Crippen LogP contribution in [0.5, 0.6) is 0 Å². The highest BCUT2D eigenvalue weighted by Gasteiger charge is 2.06. The Morgan fingerprint density at radius 3 is 2.48 bits per heavy atom. The molecule has 0 saturated heterocycles. The summed E-state index contributed by atoms with van der Waals surface area (Å²) in [6.07, 6.45) is 5.19. The molecule has 0 aliphatic rings. The first-order chi connectivity index (χ1) is 11.1. The van der Waals surface area contributed by atoms with Crippen molar-refractivity contribution in [3.63, 3.8) is 0 Å². The van der Waals surface area contributed by atoms with Crippen LogP contribution in [-0.4, -0.2) is 17.0 Å². The average Bonchev–Trinajstić information content (AvgIpc) is 2.56. The molecule has 2 rings (SSSR count). The van der Waals surface area contributed by atoms with Crippen molar-refractivity contribution in [3.05, 3.63) is 81.9 Å². The number of nitro benzene ring substituents is 1. The summed E-state index contributed by atoms with van der Waals surface area (Å²) in [5, 5.41) is 14.3. The second-order valence-electron chi connectivity index (χ2n) is 4.68. The zero-order valence-corrected chi connectivity index (χ0v) is 12.3. The van der Waals surface area contributed by atoms with Crippen molar-refractivity contribution >= 4 is 23.9 Å². The van der Waals surface area contributed by atoms with Crippen LogP contribution in [0.2, 0.25) is 0 Å². The Kier molecular flexibility index (Phi) is 5.76. The lowest BCUT2D eigenvalue weighted by atomic mass is 10.1. The highest BCUT2D eigenvalue weighted by molar-refractivity contribution is 5.82. The van der Waals surface area contributed by atoms with Crippen LogP contribution in [0.15, 0.2) is 65.8 Å². The Labute approximate surface area is 133 Å². The van der Waals surface area contributed by atoms with E-state index in [0.717, 1.165) is 5.56 Å². The van der Waals surface area contributed by atoms with Gasteiger partial charge in [-0.05, 0) is 17.2 Å². The van der Waals surface area contributed by atoms with Gasteiger partial charge in [-0.15, -0.1) is 0 Å². The number of allylic oxidation sites excluding steroid dienone is 1. The van der Waals surface area contributed by atoms with E-state index >= 15 is 0 Å². The Morgan fingerprint density at radius 1 is 1.13 bits per heavy atom. The third kappa shape index (κ3) is 5.55. The summed E-state index contributed by atoms with van der Waals surface area (Å²) in [7, 11) is 0. The van der Waals surface area contributed by atoms with Crippen molar-refractivity contribution in [3.8, 4) is 0 Å². The molecule has 0 spiro atoms. The fraction of sp³-hybridized carbons (Fsp3) is 0.0588. The number of rotatable bonds is 6. The zero-order chi connectivity index (χ0) is 16.5. The van der Waals surface area contributed by atoms with Crippen LogP contribution in [0, 0.1) is 10.1 Å². The molecule has 0 fully saturated rings. The molecule has 1 amide bonds. The maximum Gasteiger partial charge on any atom is 0.269 e. The van der Waals surface area contributed by atoms with Gasteiger partial charge in [-0.3, -0.25) is 14.9 Å². The van der Waals surface area contributed by atoms with Gasteiger partial charge in [-0.2, -0.15) is 5.10 Å². The third-order valence-corrected chi connectivity index (χ3v) is 2.95. The summed E-state index contributed by atoms with van der Waals surface area (Å²) in [6.45, 7) is 0. The minimum atomic E-state index is -0.479. The molecular weight excluding hydrogens is 294 g/mol. The molecule has 0 heterocycles. The fourth-order valence-electron chi connectivity index (χ4n) is 1.83. The predicted octanol–water partition coefficient (Wildman–Crippen LogP) is 2.95. The topological polar surface area (TPSA) is 84.6 Å². The van der Waals surface area contributed by atoms with E-state index in [-0.39, 0.29) is 18.0 Å². The van der Waals surface area contributed by atoms with Gasteiger partial charge in [0, 0.05) is 18.3 Å². The molecule has 23 heavy (non-hydrogen) atoms. The van der Waals surface area contributed by atoms with Gasteiger partial charge in [0.25, 0.3) is 5.69 Å². The summed E-state index contributed by atoms with van der Waals surface area (Å²) in [6, 6.07) is 15.6. The van der Waals surface area contributed by atoms with Crippen LogP contribution in [0.1, 0.15) is 11.1 Å². The Morgan fingerprint density at radius 2 is 1.83 bits per heavy atom. The first-order valence-corrected chi connectivity index (χ1v) is 6.92. The van der Waals surface area contributed by atoms with Gasteiger partial charge in [0.1, 0.15) is 0 Å². The van der Waals surface area contributed by atoms with Crippen molar-refractivity contribution in [1.82, 2.24) is 5.43 Å². The van der Waals surface area contributed by atoms with Gasteiger partial charge < -0.3 is 0 Å². The summed E-state index contributed by atoms with van der Waals surface area (Å²) in [5.74, 6) is -0.289. The third-order valence-electron chi connectivity index (χ3n) is 2.95. The lowest BCUT2D eigenvalue weighted by Crippen LogP contribution is -2.19. The molecule has 0 radical (unpaired) electrons. The smallest absolute Gasteiger partial charge is 0.269 e. The quantitative estimate of drug-likeness (QED) is 0.506. The van der Waals surface area contributed by atoms with Gasteiger partial charge in [-0.1, -0.05) is 48.5 Å². The van der Waals surface area contributed by atoms with E-state index in [9.17, 15) is 14.9 Å². The number of hydrazone groups is 1. The van der Waals surface area contributed by atoms with Crippen molar-refractivity contribution in [1.29, 1.82) is 0 Å². The summed E-state index contributed by atoms with van der Waals surface area (Å²) >= 11 is 0. The SMILES string of the molecule is O=C(Cc1ccc([N+](=O)[O-])cc1)NN=CC=Cc1ccccc1. The van der Waals surface area contributed by atoms with Crippen molar-refractivity contribution in [2.75, 3.05) is 0 Å². The van der Waals surface area contributed by atoms with Crippen LogP contribution >= 0.6 is 0 Å². The summed E-state index contributed by atoms with van der Waals surface area (Å²) in [4.78, 5) is 21.7. The monoisotopic (exact) mass is 309 g/mol. The molecule has 0 aliphatic heterocycles. The molecule has 116 valence electrons. The Balaban J connectivity index is 1.79. The van der Waals surface area contributed by atoms with Crippen LogP contribution in [-0.2, 0) is 11.2 Å². The minimum Gasteiger partial charge on any atom is -0.273 e. The molecule has 2 aromatic rings. The number of hydrogen-bond acceptors (Lipinski definition) is 4. The number of amides is 1. The number of nitro groups is 1. The molecule has 1 N–H and O–H groups in total. The van der Waals surface area contributed by atoms with Crippen molar-refractivity contribution < 1.29 is 9.72 Å². The lowest BCUT2D eigenvalue weighted by Gasteiger charge is -1.99. The molecular formula is C17H15N3O3. The molecule has 6 heteroatoms. The number of non-ortho nitro benzene ring substituents is 1. The maximum atomic E-state index is 11.7. The highest BCUT2D eigenvalue weighted by atomic mass is 16.6. The number of carbonyl (C=O) groups is 1. The van der Waals surface area contributed by atoms with Gasteiger partial charge in [0.2, 0.25) is 5.91 Å². The maximum absolute atomic E-state index is 11.7. The van der Waals surface area contributed by atoms with E-state index in [1.807, 2.05) is 36.4 Å². The standard InChI is InChI=1S/C17H15N3O3/c21-17(13-15-8-10-16(11-9-15)20(22)23)19-18-12-4-7-14-5-2-1-3-6-14/h1-12H,13H2,(H,19,21). The van der Waals surface area contributed by atoms with Crippen LogP contribution in [0.25, 0.3) is 6.08 Å². The molecule has 0 atom stereocenters. The number of carbonyl (C=O) groups excluding carboxylic acids is 1. The van der Waals surface area contributed by atoms with Crippen molar-refractivity contribution in [2.24, 2.45) is 5.10 Å². The molecule has 6 nitrogen and oxygen atoms in total. The molecule has 0 bridgehead atoms. The van der Waals surface area contributed by atoms with Gasteiger partial charge in [0.15, 0.2) is 0 Å². The van der Waals surface area contributed by atoms with Gasteiger partial charge in [-0.25, -0.2) is 5.43 Å². The predicted molar refractivity (Wildman–Crippen MR) is 88.9 cm³/mol. The van der Waals surface area contributed by atoms with Crippen LogP contribution < -0.4 is 5.43 Å². The van der Waals surface area contributed by atoms with E-state index in [1.165, 1.54) is 18.3 Å². The fourth-order valence-corrected chi connectivity index (χ4v) is 1.83. The molecule has 0 aliphatic carbocycles. The number of benzene rings is 2. The molecule has 0 saturated carbocycles.